The Hall–Kier alpha value is -6.26. The maximum absolute atomic E-state index is 6.37. The van der Waals surface area contributed by atoms with Gasteiger partial charge in [-0.25, -0.2) is 0 Å². The standard InChI is InChI=1S/C43H28N2O2/c1-27-17-19-28(20-18-27)45-36-12-5-2-9-31(36)34-25-29(21-23-37(34)45)44(30-22-24-41-35(26-30)32-10-3-6-14-39(32)46-41)38-13-8-16-42-43(38)33-11-4-7-15-40(33)47-42/h2-26H,1H3. The minimum atomic E-state index is 0.862. The summed E-state index contributed by atoms with van der Waals surface area (Å²) >= 11 is 0. The lowest BCUT2D eigenvalue weighted by atomic mass is 10.1. The quantitative estimate of drug-likeness (QED) is 0.200. The third-order valence-corrected chi connectivity index (χ3v) is 9.45. The molecule has 0 aliphatic rings. The van der Waals surface area contributed by atoms with Crippen molar-refractivity contribution in [2.75, 3.05) is 4.90 Å². The zero-order chi connectivity index (χ0) is 31.1. The monoisotopic (exact) mass is 604 g/mol. The molecule has 0 spiro atoms. The van der Waals surface area contributed by atoms with Crippen molar-refractivity contribution < 1.29 is 8.83 Å². The highest BCUT2D eigenvalue weighted by Gasteiger charge is 2.22. The lowest BCUT2D eigenvalue weighted by molar-refractivity contribution is 0.668. The summed E-state index contributed by atoms with van der Waals surface area (Å²) in [6.07, 6.45) is 0. The predicted molar refractivity (Wildman–Crippen MR) is 195 cm³/mol. The van der Waals surface area contributed by atoms with Crippen molar-refractivity contribution in [3.05, 3.63) is 157 Å². The van der Waals surface area contributed by atoms with Crippen LogP contribution < -0.4 is 4.90 Å². The Morgan fingerprint density at radius 3 is 1.87 bits per heavy atom. The summed E-state index contributed by atoms with van der Waals surface area (Å²) in [4.78, 5) is 2.36. The molecule has 0 unspecified atom stereocenters. The van der Waals surface area contributed by atoms with E-state index < -0.39 is 0 Å². The van der Waals surface area contributed by atoms with E-state index in [1.807, 2.05) is 24.3 Å². The molecule has 7 aromatic carbocycles. The molecule has 0 N–H and O–H groups in total. The molecule has 0 radical (unpaired) electrons. The van der Waals surface area contributed by atoms with Gasteiger partial charge in [0.15, 0.2) is 0 Å². The van der Waals surface area contributed by atoms with Crippen LogP contribution in [0.3, 0.4) is 0 Å². The minimum Gasteiger partial charge on any atom is -0.456 e. The van der Waals surface area contributed by atoms with E-state index in [4.69, 9.17) is 8.83 Å². The Balaban J connectivity index is 1.28. The molecule has 0 fully saturated rings. The number of rotatable bonds is 4. The first kappa shape index (κ1) is 26.0. The number of para-hydroxylation sites is 3. The number of nitrogens with zero attached hydrogens (tertiary/aromatic N) is 2. The number of anilines is 3. The van der Waals surface area contributed by atoms with Crippen molar-refractivity contribution >= 4 is 82.7 Å². The van der Waals surface area contributed by atoms with Gasteiger partial charge < -0.3 is 18.3 Å². The smallest absolute Gasteiger partial charge is 0.137 e. The lowest BCUT2D eigenvalue weighted by Gasteiger charge is -2.26. The second kappa shape index (κ2) is 9.87. The van der Waals surface area contributed by atoms with E-state index in [-0.39, 0.29) is 0 Å². The van der Waals surface area contributed by atoms with Gasteiger partial charge in [-0.1, -0.05) is 78.4 Å². The number of benzene rings is 7. The fraction of sp³-hybridized carbons (Fsp3) is 0.0233. The van der Waals surface area contributed by atoms with Gasteiger partial charge >= 0.3 is 0 Å². The molecule has 0 bridgehead atoms. The van der Waals surface area contributed by atoms with E-state index in [1.165, 1.54) is 27.4 Å². The molecule has 0 saturated heterocycles. The van der Waals surface area contributed by atoms with Crippen molar-refractivity contribution in [3.63, 3.8) is 0 Å². The van der Waals surface area contributed by atoms with E-state index >= 15 is 0 Å². The molecule has 3 aromatic heterocycles. The fourth-order valence-electron chi connectivity index (χ4n) is 7.29. The van der Waals surface area contributed by atoms with E-state index in [0.717, 1.165) is 66.6 Å². The van der Waals surface area contributed by atoms with Gasteiger partial charge in [0.1, 0.15) is 22.3 Å². The average molecular weight is 605 g/mol. The van der Waals surface area contributed by atoms with Crippen molar-refractivity contribution in [2.45, 2.75) is 6.92 Å². The summed E-state index contributed by atoms with van der Waals surface area (Å²) < 4.78 is 15.0. The largest absolute Gasteiger partial charge is 0.456 e. The number of aryl methyl sites for hydroxylation is 1. The van der Waals surface area contributed by atoms with Crippen LogP contribution in [0.15, 0.2) is 160 Å². The van der Waals surface area contributed by atoms with Crippen LogP contribution in [0, 0.1) is 6.92 Å². The summed E-state index contributed by atoms with van der Waals surface area (Å²) in [6, 6.07) is 53.7. The lowest BCUT2D eigenvalue weighted by Crippen LogP contribution is -2.10. The van der Waals surface area contributed by atoms with Crippen LogP contribution in [-0.2, 0) is 0 Å². The topological polar surface area (TPSA) is 34.5 Å². The number of aromatic nitrogens is 1. The van der Waals surface area contributed by atoms with Gasteiger partial charge in [0.2, 0.25) is 0 Å². The van der Waals surface area contributed by atoms with E-state index in [2.05, 4.69) is 144 Å². The zero-order valence-electron chi connectivity index (χ0n) is 25.6. The first-order valence-corrected chi connectivity index (χ1v) is 15.9. The molecule has 3 heterocycles. The molecular weight excluding hydrogens is 576 g/mol. The van der Waals surface area contributed by atoms with Gasteiger partial charge in [0.05, 0.1) is 22.1 Å². The summed E-state index contributed by atoms with van der Waals surface area (Å²) in [5.41, 5.74) is 11.4. The highest BCUT2D eigenvalue weighted by molar-refractivity contribution is 6.15. The highest BCUT2D eigenvalue weighted by Crippen LogP contribution is 2.45. The molecule has 0 saturated carbocycles. The zero-order valence-corrected chi connectivity index (χ0v) is 25.6. The van der Waals surface area contributed by atoms with Crippen LogP contribution in [0.1, 0.15) is 5.56 Å². The average Bonchev–Trinajstić information content (AvgIpc) is 3.78. The van der Waals surface area contributed by atoms with E-state index in [9.17, 15) is 0 Å². The Bertz CT molecular complexity index is 2820. The number of hydrogen-bond donors (Lipinski definition) is 0. The van der Waals surface area contributed by atoms with Gasteiger partial charge in [-0.15, -0.1) is 0 Å². The Labute approximate surface area is 270 Å². The number of fused-ring (bicyclic) bond motifs is 9. The van der Waals surface area contributed by atoms with Crippen molar-refractivity contribution in [3.8, 4) is 5.69 Å². The van der Waals surface area contributed by atoms with Crippen LogP contribution in [0.25, 0.3) is 71.4 Å². The Morgan fingerprint density at radius 1 is 0.447 bits per heavy atom. The maximum atomic E-state index is 6.37. The normalized spacial score (nSPS) is 11.9. The summed E-state index contributed by atoms with van der Waals surface area (Å²) in [5.74, 6) is 0. The second-order valence-electron chi connectivity index (χ2n) is 12.3. The summed E-state index contributed by atoms with van der Waals surface area (Å²) in [6.45, 7) is 2.13. The Morgan fingerprint density at radius 2 is 1.04 bits per heavy atom. The molecule has 4 heteroatoms. The van der Waals surface area contributed by atoms with E-state index in [0.29, 0.717) is 0 Å². The molecular formula is C43H28N2O2. The van der Waals surface area contributed by atoms with Crippen molar-refractivity contribution in [1.82, 2.24) is 4.57 Å². The highest BCUT2D eigenvalue weighted by atomic mass is 16.3. The molecule has 222 valence electrons. The van der Waals surface area contributed by atoms with Gasteiger partial charge in [-0.05, 0) is 85.8 Å². The molecule has 4 nitrogen and oxygen atoms in total. The van der Waals surface area contributed by atoms with E-state index in [1.54, 1.807) is 0 Å². The summed E-state index contributed by atoms with van der Waals surface area (Å²) in [5, 5.41) is 6.78. The summed E-state index contributed by atoms with van der Waals surface area (Å²) in [7, 11) is 0. The molecule has 0 aliphatic heterocycles. The fourth-order valence-corrected chi connectivity index (χ4v) is 7.29. The van der Waals surface area contributed by atoms with Crippen LogP contribution in [-0.4, -0.2) is 4.57 Å². The van der Waals surface area contributed by atoms with Crippen LogP contribution in [0.5, 0.6) is 0 Å². The first-order chi connectivity index (χ1) is 23.2. The maximum Gasteiger partial charge on any atom is 0.137 e. The van der Waals surface area contributed by atoms with Crippen molar-refractivity contribution in [1.29, 1.82) is 0 Å². The minimum absolute atomic E-state index is 0.862. The van der Waals surface area contributed by atoms with Crippen LogP contribution in [0.4, 0.5) is 17.1 Å². The van der Waals surface area contributed by atoms with Gasteiger partial charge in [0.25, 0.3) is 0 Å². The molecule has 0 aliphatic carbocycles. The SMILES string of the molecule is Cc1ccc(-n2c3ccccc3c3cc(N(c4ccc5oc6ccccc6c5c4)c4cccc5oc6ccccc6c45)ccc32)cc1. The number of hydrogen-bond acceptors (Lipinski definition) is 3. The third-order valence-electron chi connectivity index (χ3n) is 9.45. The van der Waals surface area contributed by atoms with Gasteiger partial charge in [-0.2, -0.15) is 0 Å². The van der Waals surface area contributed by atoms with Crippen molar-refractivity contribution in [2.24, 2.45) is 0 Å². The molecule has 0 atom stereocenters. The molecule has 10 rings (SSSR count). The molecule has 10 aromatic rings. The molecule has 0 amide bonds. The van der Waals surface area contributed by atoms with Gasteiger partial charge in [-0.3, -0.25) is 0 Å². The second-order valence-corrected chi connectivity index (χ2v) is 12.3. The predicted octanol–water partition coefficient (Wildman–Crippen LogP) is 12.4. The molecule has 47 heavy (non-hydrogen) atoms. The Kier molecular flexibility index (Phi) is 5.46. The number of furan rings is 2. The first-order valence-electron chi connectivity index (χ1n) is 15.9. The van der Waals surface area contributed by atoms with Gasteiger partial charge in [0, 0.05) is 44.0 Å². The third kappa shape index (κ3) is 3.88. The van der Waals surface area contributed by atoms with Crippen LogP contribution in [0.2, 0.25) is 0 Å². The van der Waals surface area contributed by atoms with Crippen LogP contribution >= 0.6 is 0 Å².